The van der Waals surface area contributed by atoms with Crippen LogP contribution < -0.4 is 5.73 Å². The SMILES string of the molecule is Nc1ccc(Br)cc1Sc1nncs1. The minimum Gasteiger partial charge on any atom is -0.398 e. The summed E-state index contributed by atoms with van der Waals surface area (Å²) in [6.45, 7) is 0. The number of nitrogens with zero attached hydrogens (tertiary/aromatic N) is 2. The van der Waals surface area contributed by atoms with Crippen LogP contribution in [-0.2, 0) is 0 Å². The van der Waals surface area contributed by atoms with Crippen LogP contribution in [0, 0.1) is 0 Å². The predicted octanol–water partition coefficient (Wildman–Crippen LogP) is 3.03. The number of hydrogen-bond donors (Lipinski definition) is 1. The number of aromatic nitrogens is 2. The van der Waals surface area contributed by atoms with Crippen molar-refractivity contribution in [3.8, 4) is 0 Å². The molecule has 72 valence electrons. The lowest BCUT2D eigenvalue weighted by Gasteiger charge is -2.02. The second-order valence-electron chi connectivity index (χ2n) is 2.49. The standard InChI is InChI=1S/C8H6BrN3S2/c9-5-1-2-6(10)7(3-5)14-8-12-11-4-13-8/h1-4H,10H2. The fourth-order valence-corrected chi connectivity index (χ4v) is 2.93. The molecule has 0 aliphatic rings. The van der Waals surface area contributed by atoms with Gasteiger partial charge in [0.1, 0.15) is 5.51 Å². The second kappa shape index (κ2) is 4.29. The van der Waals surface area contributed by atoms with Gasteiger partial charge in [-0.1, -0.05) is 39.0 Å². The summed E-state index contributed by atoms with van der Waals surface area (Å²) >= 11 is 6.43. The summed E-state index contributed by atoms with van der Waals surface area (Å²) in [5.74, 6) is 0. The smallest absolute Gasteiger partial charge is 0.178 e. The van der Waals surface area contributed by atoms with Crippen molar-refractivity contribution < 1.29 is 0 Å². The Labute approximate surface area is 97.9 Å². The van der Waals surface area contributed by atoms with Crippen molar-refractivity contribution in [1.82, 2.24) is 10.2 Å². The molecule has 0 spiro atoms. The van der Waals surface area contributed by atoms with Gasteiger partial charge >= 0.3 is 0 Å². The number of rotatable bonds is 2. The van der Waals surface area contributed by atoms with Gasteiger partial charge in [-0.3, -0.25) is 0 Å². The first-order valence-electron chi connectivity index (χ1n) is 3.75. The molecule has 0 radical (unpaired) electrons. The molecule has 0 fully saturated rings. The third kappa shape index (κ3) is 2.26. The molecule has 0 amide bonds. The van der Waals surface area contributed by atoms with Crippen LogP contribution >= 0.6 is 39.0 Å². The largest absolute Gasteiger partial charge is 0.398 e. The quantitative estimate of drug-likeness (QED) is 0.863. The van der Waals surface area contributed by atoms with E-state index in [-0.39, 0.29) is 0 Å². The minimum atomic E-state index is 0.758. The van der Waals surface area contributed by atoms with Gasteiger partial charge in [0.25, 0.3) is 0 Å². The summed E-state index contributed by atoms with van der Waals surface area (Å²) < 4.78 is 1.91. The number of hydrogen-bond acceptors (Lipinski definition) is 5. The molecule has 2 aromatic rings. The highest BCUT2D eigenvalue weighted by Gasteiger charge is 2.04. The Kier molecular flexibility index (Phi) is 3.05. The maximum absolute atomic E-state index is 5.82. The normalized spacial score (nSPS) is 10.4. The molecule has 3 nitrogen and oxygen atoms in total. The van der Waals surface area contributed by atoms with E-state index in [0.29, 0.717) is 0 Å². The minimum absolute atomic E-state index is 0.758. The summed E-state index contributed by atoms with van der Waals surface area (Å²) in [6, 6.07) is 5.76. The first-order valence-corrected chi connectivity index (χ1v) is 6.23. The molecule has 1 aromatic carbocycles. The zero-order valence-electron chi connectivity index (χ0n) is 6.98. The monoisotopic (exact) mass is 287 g/mol. The van der Waals surface area contributed by atoms with Gasteiger partial charge < -0.3 is 5.73 Å². The maximum Gasteiger partial charge on any atom is 0.178 e. The van der Waals surface area contributed by atoms with Crippen LogP contribution in [0.1, 0.15) is 0 Å². The van der Waals surface area contributed by atoms with E-state index in [1.54, 1.807) is 5.51 Å². The lowest BCUT2D eigenvalue weighted by Crippen LogP contribution is -1.87. The zero-order valence-corrected chi connectivity index (χ0v) is 10.2. The molecule has 0 aliphatic heterocycles. The Morgan fingerprint density at radius 3 is 3.00 bits per heavy atom. The van der Waals surface area contributed by atoms with E-state index < -0.39 is 0 Å². The van der Waals surface area contributed by atoms with Gasteiger partial charge in [0.15, 0.2) is 4.34 Å². The maximum atomic E-state index is 5.82. The Balaban J connectivity index is 2.28. The van der Waals surface area contributed by atoms with Crippen molar-refractivity contribution in [1.29, 1.82) is 0 Å². The summed E-state index contributed by atoms with van der Waals surface area (Å²) in [5, 5.41) is 7.71. The van der Waals surface area contributed by atoms with Crippen molar-refractivity contribution in [2.75, 3.05) is 5.73 Å². The summed E-state index contributed by atoms with van der Waals surface area (Å²) in [6.07, 6.45) is 0. The van der Waals surface area contributed by atoms with Crippen LogP contribution in [0.2, 0.25) is 0 Å². The molecule has 0 aliphatic carbocycles. The molecule has 1 heterocycles. The molecule has 2 N–H and O–H groups in total. The third-order valence-electron chi connectivity index (χ3n) is 1.51. The van der Waals surface area contributed by atoms with E-state index in [2.05, 4.69) is 26.1 Å². The summed E-state index contributed by atoms with van der Waals surface area (Å²) in [4.78, 5) is 0.996. The van der Waals surface area contributed by atoms with Crippen LogP contribution in [-0.4, -0.2) is 10.2 Å². The van der Waals surface area contributed by atoms with Gasteiger partial charge in [-0.25, -0.2) is 0 Å². The van der Waals surface area contributed by atoms with Gasteiger partial charge in [-0.2, -0.15) is 0 Å². The molecule has 0 unspecified atom stereocenters. The predicted molar refractivity (Wildman–Crippen MR) is 62.6 cm³/mol. The van der Waals surface area contributed by atoms with E-state index in [1.165, 1.54) is 23.1 Å². The Morgan fingerprint density at radius 1 is 1.43 bits per heavy atom. The number of benzene rings is 1. The molecular weight excluding hydrogens is 282 g/mol. The molecule has 0 bridgehead atoms. The average molecular weight is 288 g/mol. The fourth-order valence-electron chi connectivity index (χ4n) is 0.898. The van der Waals surface area contributed by atoms with Crippen LogP contribution in [0.4, 0.5) is 5.69 Å². The number of nitrogen functional groups attached to an aromatic ring is 1. The van der Waals surface area contributed by atoms with E-state index in [0.717, 1.165) is 19.4 Å². The topological polar surface area (TPSA) is 51.8 Å². The number of nitrogens with two attached hydrogens (primary N) is 1. The summed E-state index contributed by atoms with van der Waals surface area (Å²) in [7, 11) is 0. The molecule has 0 atom stereocenters. The van der Waals surface area contributed by atoms with E-state index in [1.807, 2.05) is 18.2 Å². The Bertz CT molecular complexity index is 430. The van der Waals surface area contributed by atoms with Gasteiger partial charge in [0.2, 0.25) is 0 Å². The second-order valence-corrected chi connectivity index (χ2v) is 5.53. The zero-order chi connectivity index (χ0) is 9.97. The molecule has 0 saturated carbocycles. The fraction of sp³-hybridized carbons (Fsp3) is 0. The highest BCUT2D eigenvalue weighted by Crippen LogP contribution is 2.34. The van der Waals surface area contributed by atoms with Crippen molar-refractivity contribution >= 4 is 44.7 Å². The van der Waals surface area contributed by atoms with Crippen LogP contribution in [0.15, 0.2) is 37.4 Å². The highest BCUT2D eigenvalue weighted by molar-refractivity contribution is 9.10. The van der Waals surface area contributed by atoms with Crippen molar-refractivity contribution in [3.63, 3.8) is 0 Å². The number of halogens is 1. The van der Waals surface area contributed by atoms with Crippen molar-refractivity contribution in [2.45, 2.75) is 9.24 Å². The Hall–Kier alpha value is -0.590. The molecule has 1 aromatic heterocycles. The molecule has 0 saturated heterocycles. The van der Waals surface area contributed by atoms with Gasteiger partial charge in [-0.05, 0) is 18.2 Å². The third-order valence-corrected chi connectivity index (χ3v) is 3.86. The molecule has 6 heteroatoms. The van der Waals surface area contributed by atoms with E-state index in [9.17, 15) is 0 Å². The lowest BCUT2D eigenvalue weighted by molar-refractivity contribution is 1.01. The average Bonchev–Trinajstić information content (AvgIpc) is 2.64. The van der Waals surface area contributed by atoms with Gasteiger partial charge in [0, 0.05) is 15.1 Å². The first kappa shape index (κ1) is 9.95. The first-order chi connectivity index (χ1) is 6.75. The highest BCUT2D eigenvalue weighted by atomic mass is 79.9. The Morgan fingerprint density at radius 2 is 2.29 bits per heavy atom. The van der Waals surface area contributed by atoms with Crippen LogP contribution in [0.3, 0.4) is 0 Å². The van der Waals surface area contributed by atoms with Gasteiger partial charge in [-0.15, -0.1) is 10.2 Å². The van der Waals surface area contributed by atoms with Crippen molar-refractivity contribution in [3.05, 3.63) is 28.2 Å². The summed E-state index contributed by atoms with van der Waals surface area (Å²) in [5.41, 5.74) is 8.28. The van der Waals surface area contributed by atoms with E-state index in [4.69, 9.17) is 5.73 Å². The van der Waals surface area contributed by atoms with E-state index >= 15 is 0 Å². The lowest BCUT2D eigenvalue weighted by atomic mass is 10.3. The molecule has 2 rings (SSSR count). The number of anilines is 1. The van der Waals surface area contributed by atoms with Gasteiger partial charge in [0.05, 0.1) is 0 Å². The molecular formula is C8H6BrN3S2. The molecule has 14 heavy (non-hydrogen) atoms. The van der Waals surface area contributed by atoms with Crippen LogP contribution in [0.5, 0.6) is 0 Å². The van der Waals surface area contributed by atoms with Crippen LogP contribution in [0.25, 0.3) is 0 Å². The van der Waals surface area contributed by atoms with Crippen molar-refractivity contribution in [2.24, 2.45) is 0 Å².